The molecule has 0 saturated heterocycles. The highest BCUT2D eigenvalue weighted by Gasteiger charge is 2.45. The van der Waals surface area contributed by atoms with E-state index in [2.05, 4.69) is 70.1 Å². The molecule has 0 spiro atoms. The fourth-order valence-electron chi connectivity index (χ4n) is 7.07. The first-order valence-electron chi connectivity index (χ1n) is 13.8. The number of fused-ring (bicyclic) bond motifs is 2. The van der Waals surface area contributed by atoms with Crippen molar-refractivity contribution in [1.82, 2.24) is 15.0 Å². The number of carboxylic acid groups (broad SMARTS) is 1. The molecule has 3 aromatic rings. The average molecular weight is 522 g/mol. The van der Waals surface area contributed by atoms with E-state index in [1.54, 1.807) is 4.68 Å². The van der Waals surface area contributed by atoms with Crippen molar-refractivity contribution < 1.29 is 14.3 Å². The first kappa shape index (κ1) is 27.5. The van der Waals surface area contributed by atoms with Crippen LogP contribution >= 0.6 is 0 Å². The Hall–Kier alpha value is -2.51. The lowest BCUT2D eigenvalue weighted by Crippen LogP contribution is -2.47. The zero-order valence-corrected chi connectivity index (χ0v) is 24.8. The fraction of sp³-hybridized carbons (Fsp3) is 0.567. The molecule has 200 valence electrons. The van der Waals surface area contributed by atoms with Crippen LogP contribution < -0.4 is 0 Å². The number of nitrogens with zero attached hydrogens (tertiary/aromatic N) is 3. The molecule has 37 heavy (non-hydrogen) atoms. The SMILES string of the molecule is Cc1c([C@H](CC(=O)O)c2cc3c(c(CO[Si](C(C)C)(C(C)C)C(C)C)c2)CCC3)ccc2c1nnn2C. The van der Waals surface area contributed by atoms with Gasteiger partial charge in [-0.1, -0.05) is 65.0 Å². The van der Waals surface area contributed by atoms with Gasteiger partial charge in [-0.05, 0) is 82.3 Å². The van der Waals surface area contributed by atoms with E-state index in [1.807, 2.05) is 20.0 Å². The third-order valence-corrected chi connectivity index (χ3v) is 14.8. The predicted octanol–water partition coefficient (Wildman–Crippen LogP) is 7.06. The molecule has 0 bridgehead atoms. The third-order valence-electron chi connectivity index (χ3n) is 8.75. The second-order valence-electron chi connectivity index (χ2n) is 11.8. The van der Waals surface area contributed by atoms with Crippen LogP contribution in [-0.2, 0) is 35.7 Å². The number of rotatable bonds is 10. The Bertz CT molecular complexity index is 1270. The van der Waals surface area contributed by atoms with Crippen molar-refractivity contribution in [3.63, 3.8) is 0 Å². The summed E-state index contributed by atoms with van der Waals surface area (Å²) in [6.45, 7) is 16.6. The Balaban J connectivity index is 1.79. The summed E-state index contributed by atoms with van der Waals surface area (Å²) in [5.74, 6) is -1.05. The molecule has 0 unspecified atom stereocenters. The van der Waals surface area contributed by atoms with Crippen LogP contribution in [0.25, 0.3) is 11.0 Å². The summed E-state index contributed by atoms with van der Waals surface area (Å²) in [4.78, 5) is 12.1. The first-order valence-corrected chi connectivity index (χ1v) is 15.9. The number of hydrogen-bond donors (Lipinski definition) is 1. The van der Waals surface area contributed by atoms with Crippen LogP contribution in [0.5, 0.6) is 0 Å². The molecule has 1 aliphatic rings. The highest BCUT2D eigenvalue weighted by atomic mass is 28.4. The summed E-state index contributed by atoms with van der Waals surface area (Å²) >= 11 is 0. The van der Waals surface area contributed by atoms with Gasteiger partial charge in [0.05, 0.1) is 18.5 Å². The summed E-state index contributed by atoms with van der Waals surface area (Å²) in [5, 5.41) is 18.5. The second-order valence-corrected chi connectivity index (χ2v) is 17.2. The quantitative estimate of drug-likeness (QED) is 0.289. The van der Waals surface area contributed by atoms with Gasteiger partial charge in [0, 0.05) is 13.0 Å². The van der Waals surface area contributed by atoms with Crippen molar-refractivity contribution in [3.05, 3.63) is 57.6 Å². The monoisotopic (exact) mass is 521 g/mol. The number of carbonyl (C=O) groups is 1. The molecule has 0 amide bonds. The first-order chi connectivity index (χ1) is 17.5. The molecule has 1 heterocycles. The molecule has 0 saturated carbocycles. The highest BCUT2D eigenvalue weighted by Crippen LogP contribution is 2.44. The minimum atomic E-state index is -2.03. The lowest BCUT2D eigenvalue weighted by atomic mass is 9.83. The van der Waals surface area contributed by atoms with Gasteiger partial charge in [0.1, 0.15) is 5.52 Å². The number of aliphatic carboxylic acids is 1. The standard InChI is InChI=1S/C30H43N3O3Si/c1-18(2)37(19(3)4,20(5)6)36-17-24-15-23(14-22-10-9-11-26(22)24)27(16-29(34)35)25-12-13-28-30(21(25)7)31-32-33(28)8/h12-15,18-20,27H,9-11,16-17H2,1-8H3,(H,34,35)/t27-/m1/s1. The van der Waals surface area contributed by atoms with Crippen molar-refractivity contribution in [2.75, 3.05) is 0 Å². The third kappa shape index (κ3) is 5.00. The van der Waals surface area contributed by atoms with E-state index in [9.17, 15) is 9.90 Å². The molecule has 1 N–H and O–H groups in total. The Labute approximate surface area is 222 Å². The van der Waals surface area contributed by atoms with Crippen LogP contribution in [0.4, 0.5) is 0 Å². The normalized spacial score (nSPS) is 14.8. The largest absolute Gasteiger partial charge is 0.481 e. The van der Waals surface area contributed by atoms with Crippen LogP contribution in [0.1, 0.15) is 93.7 Å². The molecule has 7 heteroatoms. The summed E-state index contributed by atoms with van der Waals surface area (Å²) in [7, 11) is -0.147. The van der Waals surface area contributed by atoms with Crippen molar-refractivity contribution in [2.45, 2.75) is 103 Å². The smallest absolute Gasteiger partial charge is 0.304 e. The molecular formula is C30H43N3O3Si. The van der Waals surface area contributed by atoms with E-state index >= 15 is 0 Å². The van der Waals surface area contributed by atoms with Crippen molar-refractivity contribution in [2.24, 2.45) is 7.05 Å². The van der Waals surface area contributed by atoms with Gasteiger partial charge in [-0.3, -0.25) is 4.79 Å². The zero-order chi connectivity index (χ0) is 27.1. The van der Waals surface area contributed by atoms with E-state index in [4.69, 9.17) is 4.43 Å². The molecule has 4 rings (SSSR count). The molecule has 1 aliphatic carbocycles. The Kier molecular flexibility index (Phi) is 7.95. The van der Waals surface area contributed by atoms with E-state index in [-0.39, 0.29) is 12.3 Å². The number of carboxylic acids is 1. The van der Waals surface area contributed by atoms with Gasteiger partial charge in [0.25, 0.3) is 0 Å². The lowest BCUT2D eigenvalue weighted by Gasteiger charge is -2.42. The molecular weight excluding hydrogens is 478 g/mol. The van der Waals surface area contributed by atoms with Gasteiger partial charge in [0.2, 0.25) is 8.32 Å². The summed E-state index contributed by atoms with van der Waals surface area (Å²) < 4.78 is 8.79. The molecule has 0 fully saturated rings. The molecule has 2 aromatic carbocycles. The molecule has 0 radical (unpaired) electrons. The van der Waals surface area contributed by atoms with Crippen LogP contribution in [-0.4, -0.2) is 34.4 Å². The number of aryl methyl sites for hydroxylation is 3. The van der Waals surface area contributed by atoms with Gasteiger partial charge in [-0.15, -0.1) is 5.10 Å². The van der Waals surface area contributed by atoms with Crippen LogP contribution in [0.15, 0.2) is 24.3 Å². The van der Waals surface area contributed by atoms with Gasteiger partial charge in [0.15, 0.2) is 0 Å². The summed E-state index contributed by atoms with van der Waals surface area (Å²) in [6.07, 6.45) is 3.29. The van der Waals surface area contributed by atoms with E-state index in [0.717, 1.165) is 47.0 Å². The Morgan fingerprint density at radius 1 is 1.08 bits per heavy atom. The van der Waals surface area contributed by atoms with Crippen LogP contribution in [0, 0.1) is 6.92 Å². The zero-order valence-electron chi connectivity index (χ0n) is 23.8. The maximum absolute atomic E-state index is 12.1. The molecule has 0 aliphatic heterocycles. The minimum absolute atomic E-state index is 0.0361. The van der Waals surface area contributed by atoms with Crippen LogP contribution in [0.3, 0.4) is 0 Å². The van der Waals surface area contributed by atoms with Gasteiger partial charge in [-0.25, -0.2) is 4.68 Å². The van der Waals surface area contributed by atoms with E-state index < -0.39 is 14.3 Å². The minimum Gasteiger partial charge on any atom is -0.481 e. The van der Waals surface area contributed by atoms with E-state index in [0.29, 0.717) is 23.2 Å². The Morgan fingerprint density at radius 3 is 2.38 bits per heavy atom. The maximum Gasteiger partial charge on any atom is 0.304 e. The fourth-order valence-corrected chi connectivity index (χ4v) is 12.5. The second kappa shape index (κ2) is 10.7. The lowest BCUT2D eigenvalue weighted by molar-refractivity contribution is -0.137. The van der Waals surface area contributed by atoms with Gasteiger partial charge < -0.3 is 9.53 Å². The molecule has 6 nitrogen and oxygen atoms in total. The van der Waals surface area contributed by atoms with Crippen LogP contribution in [0.2, 0.25) is 16.6 Å². The number of hydrogen-bond acceptors (Lipinski definition) is 4. The van der Waals surface area contributed by atoms with Crippen molar-refractivity contribution in [1.29, 1.82) is 0 Å². The van der Waals surface area contributed by atoms with Crippen molar-refractivity contribution in [3.8, 4) is 0 Å². The predicted molar refractivity (Wildman–Crippen MR) is 152 cm³/mol. The average Bonchev–Trinajstić information content (AvgIpc) is 3.44. The van der Waals surface area contributed by atoms with E-state index in [1.165, 1.54) is 16.7 Å². The number of benzene rings is 2. The Morgan fingerprint density at radius 2 is 1.76 bits per heavy atom. The highest BCUT2D eigenvalue weighted by molar-refractivity contribution is 6.77. The molecule has 1 aromatic heterocycles. The topological polar surface area (TPSA) is 77.2 Å². The maximum atomic E-state index is 12.1. The van der Waals surface area contributed by atoms with Gasteiger partial charge >= 0.3 is 5.97 Å². The summed E-state index contributed by atoms with van der Waals surface area (Å²) in [6, 6.07) is 8.58. The molecule has 1 atom stereocenters. The van der Waals surface area contributed by atoms with Crippen molar-refractivity contribution >= 4 is 25.3 Å². The number of aromatic nitrogens is 3. The van der Waals surface area contributed by atoms with Gasteiger partial charge in [-0.2, -0.15) is 0 Å². The summed E-state index contributed by atoms with van der Waals surface area (Å²) in [5.41, 5.74) is 10.4.